The van der Waals surface area contributed by atoms with E-state index in [0.717, 1.165) is 5.56 Å². The van der Waals surface area contributed by atoms with Crippen LogP contribution in [0.5, 0.6) is 0 Å². The zero-order valence-electron chi connectivity index (χ0n) is 22.0. The molecular weight excluding hydrogens is 514 g/mol. The number of hydrogen-bond acceptors (Lipinski definition) is 7. The van der Waals surface area contributed by atoms with Gasteiger partial charge in [0.15, 0.2) is 0 Å². The molecule has 0 aliphatic carbocycles. The summed E-state index contributed by atoms with van der Waals surface area (Å²) in [5, 5.41) is 14.0. The number of nitrogens with one attached hydrogen (secondary N) is 1. The third-order valence-corrected chi connectivity index (χ3v) is 7.46. The van der Waals surface area contributed by atoms with Gasteiger partial charge in [-0.25, -0.2) is 0 Å². The zero-order chi connectivity index (χ0) is 28.3. The van der Waals surface area contributed by atoms with Gasteiger partial charge in [-0.1, -0.05) is 30.3 Å². The number of ether oxygens (including phenoxy) is 1. The lowest BCUT2D eigenvalue weighted by atomic mass is 9.95. The van der Waals surface area contributed by atoms with Crippen LogP contribution in [0, 0.1) is 17.0 Å². The Hall–Kier alpha value is -4.64. The number of nitro groups is 1. The molecule has 2 aliphatic rings. The molecule has 11 heteroatoms. The third kappa shape index (κ3) is 5.28. The van der Waals surface area contributed by atoms with E-state index in [9.17, 15) is 24.5 Å². The van der Waals surface area contributed by atoms with Gasteiger partial charge >= 0.3 is 0 Å². The number of hydrogen-bond donors (Lipinski definition) is 1. The maximum absolute atomic E-state index is 14.0. The van der Waals surface area contributed by atoms with E-state index < -0.39 is 16.7 Å². The molecule has 0 saturated carbocycles. The molecule has 2 aliphatic heterocycles. The number of rotatable bonds is 6. The van der Waals surface area contributed by atoms with Gasteiger partial charge in [0.25, 0.3) is 17.5 Å². The van der Waals surface area contributed by atoms with Crippen molar-refractivity contribution < 1.29 is 24.0 Å². The lowest BCUT2D eigenvalue weighted by Crippen LogP contribution is -2.59. The van der Waals surface area contributed by atoms with E-state index in [2.05, 4.69) is 10.3 Å². The summed E-state index contributed by atoms with van der Waals surface area (Å²) in [6, 6.07) is 17.4. The summed E-state index contributed by atoms with van der Waals surface area (Å²) >= 11 is 0. The van der Waals surface area contributed by atoms with Gasteiger partial charge in [0.1, 0.15) is 11.8 Å². The van der Waals surface area contributed by atoms with Crippen molar-refractivity contribution in [3.63, 3.8) is 0 Å². The van der Waals surface area contributed by atoms with Crippen molar-refractivity contribution in [3.8, 4) is 0 Å². The summed E-state index contributed by atoms with van der Waals surface area (Å²) in [7, 11) is 0. The average Bonchev–Trinajstić information content (AvgIpc) is 3.34. The molecule has 3 heterocycles. The minimum absolute atomic E-state index is 0.0184. The van der Waals surface area contributed by atoms with E-state index in [4.69, 9.17) is 4.74 Å². The SMILES string of the molecule is Cc1ccccc1C(=O)N1C(C(=O)NCc2ccccn2)COC12CCN(C(=O)c1cccc([N+](=O)[O-])c1)CC2. The minimum atomic E-state index is -1.08. The molecule has 40 heavy (non-hydrogen) atoms. The Balaban J connectivity index is 1.37. The highest BCUT2D eigenvalue weighted by Gasteiger charge is 2.54. The fraction of sp³-hybridized carbons (Fsp3) is 0.310. The Bertz CT molecular complexity index is 1440. The van der Waals surface area contributed by atoms with E-state index >= 15 is 0 Å². The number of nitro benzene ring substituents is 1. The highest BCUT2D eigenvalue weighted by atomic mass is 16.6. The van der Waals surface area contributed by atoms with Gasteiger partial charge in [0.2, 0.25) is 5.91 Å². The number of aromatic nitrogens is 1. The van der Waals surface area contributed by atoms with Crippen LogP contribution in [-0.4, -0.2) is 68.9 Å². The molecule has 1 unspecified atom stereocenters. The number of likely N-dealkylation sites (tertiary alicyclic amines) is 1. The molecule has 3 aromatic rings. The minimum Gasteiger partial charge on any atom is -0.353 e. The maximum Gasteiger partial charge on any atom is 0.270 e. The van der Waals surface area contributed by atoms with Gasteiger partial charge in [-0.3, -0.25) is 34.4 Å². The van der Waals surface area contributed by atoms with Crippen LogP contribution in [0.3, 0.4) is 0 Å². The number of nitrogens with zero attached hydrogens (tertiary/aromatic N) is 4. The average molecular weight is 544 g/mol. The van der Waals surface area contributed by atoms with Crippen LogP contribution < -0.4 is 5.32 Å². The van der Waals surface area contributed by atoms with E-state index in [0.29, 0.717) is 11.3 Å². The van der Waals surface area contributed by atoms with Crippen LogP contribution in [0.1, 0.15) is 44.8 Å². The van der Waals surface area contributed by atoms with Crippen molar-refractivity contribution in [1.29, 1.82) is 0 Å². The quantitative estimate of drug-likeness (QED) is 0.373. The number of carbonyl (C=O) groups excluding carboxylic acids is 3. The van der Waals surface area contributed by atoms with Crippen molar-refractivity contribution in [1.82, 2.24) is 20.1 Å². The Morgan fingerprint density at radius 3 is 2.50 bits per heavy atom. The number of aryl methyl sites for hydroxylation is 1. The molecule has 1 atom stereocenters. The second kappa shape index (κ2) is 11.2. The van der Waals surface area contributed by atoms with E-state index in [-0.39, 0.29) is 68.1 Å². The van der Waals surface area contributed by atoms with Gasteiger partial charge in [-0.05, 0) is 36.8 Å². The molecule has 0 radical (unpaired) electrons. The number of non-ortho nitro benzene ring substituents is 1. The van der Waals surface area contributed by atoms with Crippen molar-refractivity contribution >= 4 is 23.4 Å². The van der Waals surface area contributed by atoms with Crippen LogP contribution >= 0.6 is 0 Å². The maximum atomic E-state index is 14.0. The van der Waals surface area contributed by atoms with Gasteiger partial charge in [-0.2, -0.15) is 0 Å². The molecule has 1 aromatic heterocycles. The van der Waals surface area contributed by atoms with Crippen molar-refractivity contribution in [3.05, 3.63) is 105 Å². The molecular formula is C29H29N5O6. The molecule has 2 aromatic carbocycles. The van der Waals surface area contributed by atoms with Crippen LogP contribution in [0.25, 0.3) is 0 Å². The van der Waals surface area contributed by atoms with Crippen LogP contribution in [0.4, 0.5) is 5.69 Å². The molecule has 2 fully saturated rings. The molecule has 3 amide bonds. The number of pyridine rings is 1. The van der Waals surface area contributed by atoms with Crippen molar-refractivity contribution in [2.24, 2.45) is 0 Å². The Kier molecular flexibility index (Phi) is 7.56. The highest BCUT2D eigenvalue weighted by molar-refractivity contribution is 5.99. The van der Waals surface area contributed by atoms with Gasteiger partial charge in [-0.15, -0.1) is 0 Å². The normalized spacial score (nSPS) is 18.0. The summed E-state index contributed by atoms with van der Waals surface area (Å²) in [5.74, 6) is -0.996. The van der Waals surface area contributed by atoms with Crippen molar-refractivity contribution in [2.75, 3.05) is 19.7 Å². The van der Waals surface area contributed by atoms with E-state index in [1.807, 2.05) is 25.1 Å². The number of benzene rings is 2. The summed E-state index contributed by atoms with van der Waals surface area (Å²) in [6.07, 6.45) is 2.22. The van der Waals surface area contributed by atoms with Gasteiger partial charge in [0.05, 0.1) is 23.8 Å². The highest BCUT2D eigenvalue weighted by Crippen LogP contribution is 2.39. The first-order valence-electron chi connectivity index (χ1n) is 13.0. The van der Waals surface area contributed by atoms with Crippen LogP contribution in [-0.2, 0) is 16.1 Å². The Labute approximate surface area is 230 Å². The second-order valence-electron chi connectivity index (χ2n) is 9.90. The summed E-state index contributed by atoms with van der Waals surface area (Å²) in [4.78, 5) is 58.5. The smallest absolute Gasteiger partial charge is 0.270 e. The first-order valence-corrected chi connectivity index (χ1v) is 13.0. The second-order valence-corrected chi connectivity index (χ2v) is 9.90. The molecule has 0 bridgehead atoms. The fourth-order valence-electron chi connectivity index (χ4n) is 5.30. The number of carbonyl (C=O) groups is 3. The molecule has 2 saturated heterocycles. The molecule has 206 valence electrons. The zero-order valence-corrected chi connectivity index (χ0v) is 22.0. The molecule has 1 spiro atoms. The summed E-state index contributed by atoms with van der Waals surface area (Å²) < 4.78 is 6.25. The predicted molar refractivity (Wildman–Crippen MR) is 144 cm³/mol. The largest absolute Gasteiger partial charge is 0.353 e. The molecule has 11 nitrogen and oxygen atoms in total. The Morgan fingerprint density at radius 1 is 1.05 bits per heavy atom. The summed E-state index contributed by atoms with van der Waals surface area (Å²) in [6.45, 7) is 2.57. The molecule has 5 rings (SSSR count). The van der Waals surface area contributed by atoms with Crippen molar-refractivity contribution in [2.45, 2.75) is 38.1 Å². The third-order valence-electron chi connectivity index (χ3n) is 7.46. The van der Waals surface area contributed by atoms with Crippen LogP contribution in [0.2, 0.25) is 0 Å². The van der Waals surface area contributed by atoms with E-state index in [1.54, 1.807) is 41.4 Å². The lowest BCUT2D eigenvalue weighted by Gasteiger charge is -2.44. The fourth-order valence-corrected chi connectivity index (χ4v) is 5.30. The standard InChI is InChI=1S/C29H29N5O6/c1-20-7-2-3-11-24(20)28(37)33-25(26(35)31-18-22-9-4-5-14-30-22)19-40-29(33)12-15-32(16-13-29)27(36)21-8-6-10-23(17-21)34(38)39/h2-11,14,17,25H,12-13,15-16,18-19H2,1H3,(H,31,35). The lowest BCUT2D eigenvalue weighted by molar-refractivity contribution is -0.384. The van der Waals surface area contributed by atoms with Gasteiger partial charge in [0, 0.05) is 55.4 Å². The Morgan fingerprint density at radius 2 is 1.80 bits per heavy atom. The molecule has 1 N–H and O–H groups in total. The first-order chi connectivity index (χ1) is 19.3. The predicted octanol–water partition coefficient (Wildman–Crippen LogP) is 3.09. The van der Waals surface area contributed by atoms with Gasteiger partial charge < -0.3 is 15.0 Å². The van der Waals surface area contributed by atoms with Crippen LogP contribution in [0.15, 0.2) is 72.9 Å². The first kappa shape index (κ1) is 26.9. The summed E-state index contributed by atoms with van der Waals surface area (Å²) in [5.41, 5.74) is 0.927. The number of piperidine rings is 1. The van der Waals surface area contributed by atoms with E-state index in [1.165, 1.54) is 23.1 Å². The monoisotopic (exact) mass is 543 g/mol. The number of amides is 3. The topological polar surface area (TPSA) is 135 Å².